The van der Waals surface area contributed by atoms with Gasteiger partial charge in [0.05, 0.1) is 10.7 Å². The Morgan fingerprint density at radius 2 is 2.05 bits per heavy atom. The summed E-state index contributed by atoms with van der Waals surface area (Å²) in [5, 5.41) is 2.53. The maximum absolute atomic E-state index is 13.4. The third kappa shape index (κ3) is 3.14. The normalized spacial score (nSPS) is 10.3. The monoisotopic (exact) mass is 326 g/mol. The van der Waals surface area contributed by atoms with Crippen LogP contribution in [0.4, 0.5) is 14.5 Å². The Labute approximate surface area is 116 Å². The van der Waals surface area contributed by atoms with E-state index in [1.54, 1.807) is 13.0 Å². The minimum absolute atomic E-state index is 0.0594. The number of halogens is 3. The first-order valence-electron chi connectivity index (χ1n) is 5.36. The lowest BCUT2D eigenvalue weighted by molar-refractivity contribution is 0.102. The van der Waals surface area contributed by atoms with Crippen LogP contribution in [0.2, 0.25) is 0 Å². The number of anilines is 1. The van der Waals surface area contributed by atoms with Gasteiger partial charge in [-0.1, -0.05) is 0 Å². The molecule has 1 aromatic heterocycles. The number of pyridine rings is 1. The third-order valence-electron chi connectivity index (χ3n) is 2.48. The molecule has 0 fully saturated rings. The number of nitrogens with one attached hydrogen (secondary N) is 1. The second-order valence-electron chi connectivity index (χ2n) is 3.90. The molecule has 3 nitrogen and oxygen atoms in total. The topological polar surface area (TPSA) is 42.0 Å². The van der Waals surface area contributed by atoms with Crippen LogP contribution in [0.1, 0.15) is 16.1 Å². The Morgan fingerprint density at radius 1 is 1.32 bits per heavy atom. The van der Waals surface area contributed by atoms with Gasteiger partial charge >= 0.3 is 0 Å². The fourth-order valence-corrected chi connectivity index (χ4v) is 1.94. The van der Waals surface area contributed by atoms with Crippen LogP contribution in [0.25, 0.3) is 0 Å². The van der Waals surface area contributed by atoms with Gasteiger partial charge in [0.2, 0.25) is 0 Å². The molecule has 0 aliphatic rings. The number of hydrogen-bond donors (Lipinski definition) is 1. The highest BCUT2D eigenvalue weighted by molar-refractivity contribution is 9.10. The van der Waals surface area contributed by atoms with Gasteiger partial charge < -0.3 is 5.32 Å². The lowest BCUT2D eigenvalue weighted by Gasteiger charge is -2.09. The minimum Gasteiger partial charge on any atom is -0.320 e. The van der Waals surface area contributed by atoms with Gasteiger partial charge in [-0.05, 0) is 52.7 Å². The fourth-order valence-electron chi connectivity index (χ4n) is 1.48. The number of benzene rings is 1. The Morgan fingerprint density at radius 3 is 2.68 bits per heavy atom. The van der Waals surface area contributed by atoms with E-state index in [-0.39, 0.29) is 5.69 Å². The summed E-state index contributed by atoms with van der Waals surface area (Å²) in [5.74, 6) is -1.53. The minimum atomic E-state index is -0.526. The van der Waals surface area contributed by atoms with Crippen LogP contribution < -0.4 is 5.32 Å². The predicted octanol–water partition coefficient (Wildman–Crippen LogP) is 3.68. The van der Waals surface area contributed by atoms with E-state index in [0.29, 0.717) is 15.7 Å². The summed E-state index contributed by atoms with van der Waals surface area (Å²) in [4.78, 5) is 15.5. The van der Waals surface area contributed by atoms with Crippen molar-refractivity contribution >= 4 is 27.5 Å². The van der Waals surface area contributed by atoms with E-state index in [1.807, 2.05) is 0 Å². The van der Waals surface area contributed by atoms with E-state index >= 15 is 0 Å². The first kappa shape index (κ1) is 13.6. The highest BCUT2D eigenvalue weighted by Gasteiger charge is 2.11. The van der Waals surface area contributed by atoms with E-state index < -0.39 is 17.5 Å². The molecule has 1 N–H and O–H groups in total. The molecule has 0 saturated carbocycles. The standard InChI is InChI=1S/C13H9BrF2N2O/c1-7-4-9(14)10(16)5-12(7)18-13(19)11-3-2-8(15)6-17-11/h2-6H,1H3,(H,18,19). The number of aryl methyl sites for hydroxylation is 1. The molecule has 0 aliphatic carbocycles. The first-order chi connectivity index (χ1) is 8.97. The zero-order valence-corrected chi connectivity index (χ0v) is 11.5. The van der Waals surface area contributed by atoms with Gasteiger partial charge in [-0.15, -0.1) is 0 Å². The van der Waals surface area contributed by atoms with Gasteiger partial charge in [-0.2, -0.15) is 0 Å². The van der Waals surface area contributed by atoms with E-state index in [0.717, 1.165) is 12.3 Å². The van der Waals surface area contributed by atoms with Crippen molar-refractivity contribution < 1.29 is 13.6 Å². The summed E-state index contributed by atoms with van der Waals surface area (Å²) < 4.78 is 26.4. The number of nitrogens with zero attached hydrogens (tertiary/aromatic N) is 1. The molecule has 2 aromatic rings. The molecular weight excluding hydrogens is 318 g/mol. The molecule has 1 heterocycles. The summed E-state index contributed by atoms with van der Waals surface area (Å²) in [7, 11) is 0. The van der Waals surface area contributed by atoms with E-state index in [9.17, 15) is 13.6 Å². The highest BCUT2D eigenvalue weighted by atomic mass is 79.9. The molecule has 1 aromatic carbocycles. The smallest absolute Gasteiger partial charge is 0.274 e. The molecule has 6 heteroatoms. The molecular formula is C13H9BrF2N2O. The van der Waals surface area contributed by atoms with Crippen LogP contribution in [0.5, 0.6) is 0 Å². The Balaban J connectivity index is 2.24. The van der Waals surface area contributed by atoms with Crippen molar-refractivity contribution in [1.29, 1.82) is 0 Å². The number of carbonyl (C=O) groups excluding carboxylic acids is 1. The van der Waals surface area contributed by atoms with Crippen molar-refractivity contribution in [3.05, 3.63) is 57.8 Å². The van der Waals surface area contributed by atoms with Gasteiger partial charge in [-0.25, -0.2) is 13.8 Å². The number of hydrogen-bond acceptors (Lipinski definition) is 2. The lowest BCUT2D eigenvalue weighted by atomic mass is 10.2. The van der Waals surface area contributed by atoms with Gasteiger partial charge in [-0.3, -0.25) is 4.79 Å². The molecule has 2 rings (SSSR count). The molecule has 0 atom stereocenters. The average Bonchev–Trinajstić information content (AvgIpc) is 2.36. The Kier molecular flexibility index (Phi) is 3.90. The molecule has 1 amide bonds. The zero-order chi connectivity index (χ0) is 14.0. The van der Waals surface area contributed by atoms with Gasteiger partial charge in [0.25, 0.3) is 5.91 Å². The molecule has 19 heavy (non-hydrogen) atoms. The Bertz CT molecular complexity index is 629. The summed E-state index contributed by atoms with van der Waals surface area (Å²) in [5.41, 5.74) is 1.10. The van der Waals surface area contributed by atoms with Crippen molar-refractivity contribution in [2.24, 2.45) is 0 Å². The largest absolute Gasteiger partial charge is 0.320 e. The lowest BCUT2D eigenvalue weighted by Crippen LogP contribution is -2.14. The van der Waals surface area contributed by atoms with Crippen molar-refractivity contribution in [2.45, 2.75) is 6.92 Å². The maximum atomic E-state index is 13.4. The van der Waals surface area contributed by atoms with Gasteiger partial charge in [0.1, 0.15) is 17.3 Å². The number of aromatic nitrogens is 1. The molecule has 0 radical (unpaired) electrons. The quantitative estimate of drug-likeness (QED) is 0.914. The molecule has 0 bridgehead atoms. The summed E-state index contributed by atoms with van der Waals surface area (Å²) >= 11 is 3.06. The molecule has 0 aliphatic heterocycles. The van der Waals surface area contributed by atoms with Crippen molar-refractivity contribution in [2.75, 3.05) is 5.32 Å². The van der Waals surface area contributed by atoms with Crippen LogP contribution >= 0.6 is 15.9 Å². The van der Waals surface area contributed by atoms with Gasteiger partial charge in [0, 0.05) is 5.69 Å². The second-order valence-corrected chi connectivity index (χ2v) is 4.75. The van der Waals surface area contributed by atoms with E-state index in [1.165, 1.54) is 12.1 Å². The van der Waals surface area contributed by atoms with E-state index in [2.05, 4.69) is 26.2 Å². The second kappa shape index (κ2) is 5.44. The third-order valence-corrected chi connectivity index (χ3v) is 3.08. The SMILES string of the molecule is Cc1cc(Br)c(F)cc1NC(=O)c1ccc(F)cn1. The molecule has 0 saturated heterocycles. The number of carbonyl (C=O) groups is 1. The highest BCUT2D eigenvalue weighted by Crippen LogP contribution is 2.24. The summed E-state index contributed by atoms with van der Waals surface area (Å²) in [6.07, 6.45) is 0.948. The summed E-state index contributed by atoms with van der Waals surface area (Å²) in [6, 6.07) is 5.16. The fraction of sp³-hybridized carbons (Fsp3) is 0.0769. The molecule has 98 valence electrons. The first-order valence-corrected chi connectivity index (χ1v) is 6.15. The Hall–Kier alpha value is -1.82. The van der Waals surface area contributed by atoms with E-state index in [4.69, 9.17) is 0 Å². The summed E-state index contributed by atoms with van der Waals surface area (Å²) in [6.45, 7) is 1.73. The maximum Gasteiger partial charge on any atom is 0.274 e. The van der Waals surface area contributed by atoms with Crippen LogP contribution in [0, 0.1) is 18.6 Å². The van der Waals surface area contributed by atoms with Crippen molar-refractivity contribution in [3.63, 3.8) is 0 Å². The van der Waals surface area contributed by atoms with Crippen LogP contribution in [0.3, 0.4) is 0 Å². The predicted molar refractivity (Wildman–Crippen MR) is 71.0 cm³/mol. The average molecular weight is 327 g/mol. The van der Waals surface area contributed by atoms with Crippen LogP contribution in [-0.2, 0) is 0 Å². The van der Waals surface area contributed by atoms with Crippen LogP contribution in [-0.4, -0.2) is 10.9 Å². The molecule has 0 spiro atoms. The molecule has 0 unspecified atom stereocenters. The van der Waals surface area contributed by atoms with Gasteiger partial charge in [0.15, 0.2) is 0 Å². The zero-order valence-electron chi connectivity index (χ0n) is 9.88. The van der Waals surface area contributed by atoms with Crippen LogP contribution in [0.15, 0.2) is 34.9 Å². The number of amides is 1. The van der Waals surface area contributed by atoms with Crippen molar-refractivity contribution in [3.8, 4) is 0 Å². The van der Waals surface area contributed by atoms with Crippen molar-refractivity contribution in [1.82, 2.24) is 4.98 Å². The number of rotatable bonds is 2.